The number of fused-ring (bicyclic) bond motifs is 1. The number of thioether (sulfide) groups is 1. The molecular formula is C16H10F3N3O2S. The Labute approximate surface area is 144 Å². The Bertz CT molecular complexity index is 947. The van der Waals surface area contributed by atoms with Crippen LogP contribution in [0.5, 0.6) is 0 Å². The Balaban J connectivity index is 2.00. The van der Waals surface area contributed by atoms with E-state index in [1.54, 1.807) is 30.3 Å². The number of para-hydroxylation sites is 2. The summed E-state index contributed by atoms with van der Waals surface area (Å²) in [5.74, 6) is -1.11. The minimum Gasteiger partial charge on any atom is -0.258 e. The van der Waals surface area contributed by atoms with Gasteiger partial charge in [0.1, 0.15) is 5.03 Å². The molecule has 1 aromatic heterocycles. The van der Waals surface area contributed by atoms with Crippen LogP contribution in [0.1, 0.15) is 11.4 Å². The molecule has 25 heavy (non-hydrogen) atoms. The topological polar surface area (TPSA) is 68.9 Å². The predicted octanol–water partition coefficient (Wildman–Crippen LogP) is 4.85. The van der Waals surface area contributed by atoms with Crippen LogP contribution in [-0.4, -0.2) is 14.9 Å². The molecule has 0 aliphatic heterocycles. The number of nitro groups is 1. The second kappa shape index (κ2) is 6.67. The van der Waals surface area contributed by atoms with Crippen molar-refractivity contribution in [1.82, 2.24) is 9.97 Å². The van der Waals surface area contributed by atoms with Gasteiger partial charge < -0.3 is 0 Å². The zero-order valence-electron chi connectivity index (χ0n) is 12.5. The van der Waals surface area contributed by atoms with Gasteiger partial charge in [0, 0.05) is 22.8 Å². The number of halogens is 3. The Morgan fingerprint density at radius 3 is 2.44 bits per heavy atom. The summed E-state index contributed by atoms with van der Waals surface area (Å²) in [4.78, 5) is 17.7. The highest BCUT2D eigenvalue weighted by Gasteiger charge is 2.35. The second-order valence-corrected chi connectivity index (χ2v) is 6.01. The molecule has 0 bridgehead atoms. The molecule has 0 unspecified atom stereocenters. The van der Waals surface area contributed by atoms with E-state index in [0.717, 1.165) is 11.8 Å². The SMILES string of the molecule is O=[N+]([O-])c1ccccc1CSc1nc(C(F)(F)F)nc2ccccc12. The minimum absolute atomic E-state index is 0.0793. The highest BCUT2D eigenvalue weighted by atomic mass is 32.2. The smallest absolute Gasteiger partial charge is 0.258 e. The third-order valence-corrected chi connectivity index (χ3v) is 4.41. The maximum Gasteiger partial charge on any atom is 0.451 e. The van der Waals surface area contributed by atoms with Crippen molar-refractivity contribution in [2.45, 2.75) is 17.0 Å². The van der Waals surface area contributed by atoms with Gasteiger partial charge in [0.25, 0.3) is 5.69 Å². The van der Waals surface area contributed by atoms with Crippen LogP contribution in [0.4, 0.5) is 18.9 Å². The van der Waals surface area contributed by atoms with Gasteiger partial charge in [-0.25, -0.2) is 9.97 Å². The number of rotatable bonds is 4. The zero-order valence-corrected chi connectivity index (χ0v) is 13.3. The van der Waals surface area contributed by atoms with Crippen molar-refractivity contribution in [1.29, 1.82) is 0 Å². The molecule has 1 heterocycles. The molecule has 3 rings (SSSR count). The van der Waals surface area contributed by atoms with E-state index in [1.807, 2.05) is 0 Å². The molecule has 0 aliphatic carbocycles. The first-order valence-corrected chi connectivity index (χ1v) is 8.04. The van der Waals surface area contributed by atoms with Crippen LogP contribution in [0.15, 0.2) is 53.6 Å². The lowest BCUT2D eigenvalue weighted by molar-refractivity contribution is -0.385. The van der Waals surface area contributed by atoms with Crippen LogP contribution < -0.4 is 0 Å². The maximum absolute atomic E-state index is 13.0. The first kappa shape index (κ1) is 17.2. The van der Waals surface area contributed by atoms with Gasteiger partial charge in [-0.1, -0.05) is 36.4 Å². The monoisotopic (exact) mass is 365 g/mol. The Kier molecular flexibility index (Phi) is 4.58. The van der Waals surface area contributed by atoms with E-state index in [1.165, 1.54) is 18.2 Å². The summed E-state index contributed by atoms with van der Waals surface area (Å²) in [5, 5.41) is 11.7. The van der Waals surface area contributed by atoms with Gasteiger partial charge in [0.2, 0.25) is 5.82 Å². The van der Waals surface area contributed by atoms with Gasteiger partial charge in [-0.05, 0) is 6.07 Å². The molecule has 0 radical (unpaired) electrons. The van der Waals surface area contributed by atoms with Crippen molar-refractivity contribution in [3.8, 4) is 0 Å². The Morgan fingerprint density at radius 1 is 1.04 bits per heavy atom. The first-order valence-electron chi connectivity index (χ1n) is 7.05. The van der Waals surface area contributed by atoms with E-state index >= 15 is 0 Å². The lowest BCUT2D eigenvalue weighted by atomic mass is 10.2. The van der Waals surface area contributed by atoms with E-state index in [4.69, 9.17) is 0 Å². The lowest BCUT2D eigenvalue weighted by Crippen LogP contribution is -2.11. The van der Waals surface area contributed by atoms with E-state index in [2.05, 4.69) is 9.97 Å². The average Bonchev–Trinajstić information content (AvgIpc) is 2.58. The minimum atomic E-state index is -4.67. The number of benzene rings is 2. The molecule has 0 N–H and O–H groups in total. The van der Waals surface area contributed by atoms with E-state index in [-0.39, 0.29) is 22.0 Å². The quantitative estimate of drug-likeness (QED) is 0.286. The molecule has 0 amide bonds. The molecule has 0 saturated carbocycles. The Hall–Kier alpha value is -2.68. The number of nitrogens with zero attached hydrogens (tertiary/aromatic N) is 3. The number of nitro benzene ring substituents is 1. The second-order valence-electron chi connectivity index (χ2n) is 5.04. The van der Waals surface area contributed by atoms with Gasteiger partial charge in [-0.3, -0.25) is 10.1 Å². The summed E-state index contributed by atoms with van der Waals surface area (Å²) >= 11 is 1.01. The largest absolute Gasteiger partial charge is 0.451 e. The number of hydrogen-bond donors (Lipinski definition) is 0. The van der Waals surface area contributed by atoms with Crippen LogP contribution in [0.2, 0.25) is 0 Å². The van der Waals surface area contributed by atoms with Gasteiger partial charge in [0.05, 0.1) is 10.4 Å². The molecule has 5 nitrogen and oxygen atoms in total. The molecule has 0 spiro atoms. The molecule has 9 heteroatoms. The van der Waals surface area contributed by atoms with Crippen molar-refractivity contribution < 1.29 is 18.1 Å². The van der Waals surface area contributed by atoms with Crippen molar-refractivity contribution in [2.75, 3.05) is 0 Å². The summed E-state index contributed by atoms with van der Waals surface area (Å²) in [6.07, 6.45) is -4.67. The van der Waals surface area contributed by atoms with E-state index < -0.39 is 16.9 Å². The average molecular weight is 365 g/mol. The van der Waals surface area contributed by atoms with Crippen LogP contribution in [-0.2, 0) is 11.9 Å². The van der Waals surface area contributed by atoms with E-state index in [9.17, 15) is 23.3 Å². The zero-order chi connectivity index (χ0) is 18.0. The van der Waals surface area contributed by atoms with Crippen LogP contribution in [0.25, 0.3) is 10.9 Å². The number of aromatic nitrogens is 2. The van der Waals surface area contributed by atoms with Crippen molar-refractivity contribution in [2.24, 2.45) is 0 Å². The summed E-state index contributed by atoms with van der Waals surface area (Å²) in [7, 11) is 0. The number of alkyl halides is 3. The van der Waals surface area contributed by atoms with Gasteiger partial charge in [-0.15, -0.1) is 11.8 Å². The normalized spacial score (nSPS) is 11.6. The van der Waals surface area contributed by atoms with Crippen LogP contribution in [0.3, 0.4) is 0 Å². The van der Waals surface area contributed by atoms with Gasteiger partial charge >= 0.3 is 6.18 Å². The molecule has 0 saturated heterocycles. The third-order valence-electron chi connectivity index (χ3n) is 3.37. The molecule has 0 aliphatic rings. The number of hydrogen-bond acceptors (Lipinski definition) is 5. The summed E-state index contributed by atoms with van der Waals surface area (Å²) < 4.78 is 39.0. The van der Waals surface area contributed by atoms with Crippen molar-refractivity contribution >= 4 is 28.4 Å². The lowest BCUT2D eigenvalue weighted by Gasteiger charge is -2.10. The molecule has 3 aromatic rings. The highest BCUT2D eigenvalue weighted by molar-refractivity contribution is 7.98. The molecule has 0 atom stereocenters. The molecular weight excluding hydrogens is 355 g/mol. The first-order chi connectivity index (χ1) is 11.9. The highest BCUT2D eigenvalue weighted by Crippen LogP contribution is 2.34. The molecule has 128 valence electrons. The van der Waals surface area contributed by atoms with Gasteiger partial charge in [-0.2, -0.15) is 13.2 Å². The van der Waals surface area contributed by atoms with E-state index in [0.29, 0.717) is 10.9 Å². The molecule has 0 fully saturated rings. The summed E-state index contributed by atoms with van der Waals surface area (Å²) in [5.41, 5.74) is 0.507. The third kappa shape index (κ3) is 3.71. The fourth-order valence-corrected chi connectivity index (χ4v) is 3.26. The predicted molar refractivity (Wildman–Crippen MR) is 87.2 cm³/mol. The van der Waals surface area contributed by atoms with Crippen molar-refractivity contribution in [3.05, 3.63) is 70.0 Å². The standard InChI is InChI=1S/C16H10F3N3O2S/c17-16(18,19)15-20-12-7-3-2-6-11(12)14(21-15)25-9-10-5-1-4-8-13(10)22(23)24/h1-8H,9H2. The summed E-state index contributed by atoms with van der Waals surface area (Å²) in [6, 6.07) is 12.5. The van der Waals surface area contributed by atoms with Crippen LogP contribution in [0, 0.1) is 10.1 Å². The maximum atomic E-state index is 13.0. The fourth-order valence-electron chi connectivity index (χ4n) is 2.24. The summed E-state index contributed by atoms with van der Waals surface area (Å²) in [6.45, 7) is 0. The molecule has 2 aromatic carbocycles. The van der Waals surface area contributed by atoms with Gasteiger partial charge in [0.15, 0.2) is 0 Å². The fraction of sp³-hybridized carbons (Fsp3) is 0.125. The van der Waals surface area contributed by atoms with Crippen molar-refractivity contribution in [3.63, 3.8) is 0 Å². The Morgan fingerprint density at radius 2 is 1.72 bits per heavy atom. The van der Waals surface area contributed by atoms with Crippen LogP contribution >= 0.6 is 11.8 Å².